The minimum atomic E-state index is -0.630. The highest BCUT2D eigenvalue weighted by Crippen LogP contribution is 2.15. The first-order valence-corrected chi connectivity index (χ1v) is 6.24. The maximum atomic E-state index is 10.7. The van der Waals surface area contributed by atoms with Crippen molar-refractivity contribution in [3.8, 4) is 0 Å². The predicted octanol–water partition coefficient (Wildman–Crippen LogP) is 4.05. The summed E-state index contributed by atoms with van der Waals surface area (Å²) in [7, 11) is 0. The zero-order chi connectivity index (χ0) is 11.5. The van der Waals surface area contributed by atoms with Crippen LogP contribution in [0, 0.1) is 12.8 Å². The molecule has 0 aliphatic carbocycles. The molecule has 1 atom stereocenters. The molecule has 0 saturated heterocycles. The van der Waals surface area contributed by atoms with Crippen LogP contribution in [0.5, 0.6) is 0 Å². The van der Waals surface area contributed by atoms with Gasteiger partial charge in [0.25, 0.3) is 0 Å². The largest absolute Gasteiger partial charge is 0.481 e. The number of carboxylic acids is 1. The van der Waals surface area contributed by atoms with Crippen molar-refractivity contribution in [3.05, 3.63) is 6.92 Å². The van der Waals surface area contributed by atoms with Crippen LogP contribution in [0.25, 0.3) is 0 Å². The lowest BCUT2D eigenvalue weighted by atomic mass is 9.98. The van der Waals surface area contributed by atoms with Crippen molar-refractivity contribution in [2.24, 2.45) is 5.92 Å². The number of unbranched alkanes of at least 4 members (excludes halogenated alkanes) is 6. The van der Waals surface area contributed by atoms with Crippen molar-refractivity contribution in [2.45, 2.75) is 64.7 Å². The summed E-state index contributed by atoms with van der Waals surface area (Å²) in [6.45, 7) is 5.76. The summed E-state index contributed by atoms with van der Waals surface area (Å²) < 4.78 is 0. The Morgan fingerprint density at radius 2 is 1.67 bits per heavy atom. The topological polar surface area (TPSA) is 37.3 Å². The monoisotopic (exact) mass is 213 g/mol. The third-order valence-electron chi connectivity index (χ3n) is 2.89. The summed E-state index contributed by atoms with van der Waals surface area (Å²) in [5, 5.41) is 8.84. The third kappa shape index (κ3) is 8.46. The van der Waals surface area contributed by atoms with Crippen LogP contribution in [0.1, 0.15) is 64.7 Å². The van der Waals surface area contributed by atoms with E-state index >= 15 is 0 Å². The van der Waals surface area contributed by atoms with Crippen molar-refractivity contribution >= 4 is 5.97 Å². The number of carbonyl (C=O) groups is 1. The van der Waals surface area contributed by atoms with E-state index in [9.17, 15) is 4.79 Å². The van der Waals surface area contributed by atoms with Crippen LogP contribution >= 0.6 is 0 Å². The Bertz CT molecular complexity index is 155. The molecule has 0 rings (SSSR count). The summed E-state index contributed by atoms with van der Waals surface area (Å²) >= 11 is 0. The second-order valence-corrected chi connectivity index (χ2v) is 4.21. The Hall–Kier alpha value is -0.530. The first-order valence-electron chi connectivity index (χ1n) is 6.24. The first kappa shape index (κ1) is 14.5. The average molecular weight is 213 g/mol. The lowest BCUT2D eigenvalue weighted by molar-refractivity contribution is -0.142. The van der Waals surface area contributed by atoms with Gasteiger partial charge >= 0.3 is 5.97 Å². The fourth-order valence-corrected chi connectivity index (χ4v) is 1.78. The van der Waals surface area contributed by atoms with Crippen molar-refractivity contribution in [1.82, 2.24) is 0 Å². The molecule has 0 spiro atoms. The molecule has 2 nitrogen and oxygen atoms in total. The molecule has 2 heteroatoms. The lowest BCUT2D eigenvalue weighted by Gasteiger charge is -2.08. The SMILES string of the molecule is [CH2]CCCCCCCCC(CC)C(=O)O. The number of hydrogen-bond donors (Lipinski definition) is 1. The molecule has 0 aromatic heterocycles. The molecule has 0 heterocycles. The van der Waals surface area contributed by atoms with Crippen LogP contribution in [-0.4, -0.2) is 11.1 Å². The molecule has 1 N–H and O–H groups in total. The quantitative estimate of drug-likeness (QED) is 0.556. The van der Waals surface area contributed by atoms with Gasteiger partial charge in [0.1, 0.15) is 0 Å². The van der Waals surface area contributed by atoms with E-state index in [1.165, 1.54) is 32.1 Å². The summed E-state index contributed by atoms with van der Waals surface area (Å²) in [5.74, 6) is -0.751. The van der Waals surface area contributed by atoms with E-state index in [2.05, 4.69) is 6.92 Å². The first-order chi connectivity index (χ1) is 7.22. The minimum absolute atomic E-state index is 0.121. The number of hydrogen-bond acceptors (Lipinski definition) is 1. The lowest BCUT2D eigenvalue weighted by Crippen LogP contribution is -2.12. The van der Waals surface area contributed by atoms with E-state index in [0.717, 1.165) is 25.7 Å². The second kappa shape index (κ2) is 10.0. The van der Waals surface area contributed by atoms with Crippen molar-refractivity contribution in [1.29, 1.82) is 0 Å². The standard InChI is InChI=1S/C13H25O2/c1-3-5-6-7-8-9-10-11-12(4-2)13(14)15/h12H,1,3-11H2,2H3,(H,14,15). The highest BCUT2D eigenvalue weighted by Gasteiger charge is 2.13. The molecule has 0 aliphatic rings. The van der Waals surface area contributed by atoms with Gasteiger partial charge in [0.05, 0.1) is 5.92 Å². The van der Waals surface area contributed by atoms with E-state index in [1.54, 1.807) is 0 Å². The molecule has 0 saturated carbocycles. The van der Waals surface area contributed by atoms with Crippen molar-refractivity contribution in [2.75, 3.05) is 0 Å². The zero-order valence-corrected chi connectivity index (χ0v) is 10.0. The number of aliphatic carboxylic acids is 1. The van der Waals surface area contributed by atoms with Crippen LogP contribution in [0.2, 0.25) is 0 Å². The van der Waals surface area contributed by atoms with Gasteiger partial charge in [-0.15, -0.1) is 0 Å². The number of carboxylic acid groups (broad SMARTS) is 1. The van der Waals surface area contributed by atoms with Gasteiger partial charge in [0, 0.05) is 0 Å². The zero-order valence-electron chi connectivity index (χ0n) is 10.0. The normalized spacial score (nSPS) is 12.7. The summed E-state index contributed by atoms with van der Waals surface area (Å²) in [5.41, 5.74) is 0. The van der Waals surface area contributed by atoms with E-state index in [1.807, 2.05) is 6.92 Å². The molecule has 1 radical (unpaired) electrons. The minimum Gasteiger partial charge on any atom is -0.481 e. The van der Waals surface area contributed by atoms with Crippen molar-refractivity contribution < 1.29 is 9.90 Å². The van der Waals surface area contributed by atoms with Gasteiger partial charge in [-0.2, -0.15) is 0 Å². The molecule has 15 heavy (non-hydrogen) atoms. The van der Waals surface area contributed by atoms with E-state index in [-0.39, 0.29) is 5.92 Å². The van der Waals surface area contributed by atoms with Gasteiger partial charge in [-0.25, -0.2) is 0 Å². The summed E-state index contributed by atoms with van der Waals surface area (Å²) in [6, 6.07) is 0. The van der Waals surface area contributed by atoms with Gasteiger partial charge in [-0.1, -0.05) is 58.8 Å². The summed E-state index contributed by atoms with van der Waals surface area (Å²) in [4.78, 5) is 10.7. The molecule has 0 aliphatic heterocycles. The fraction of sp³-hybridized carbons (Fsp3) is 0.846. The van der Waals surface area contributed by atoms with Crippen LogP contribution in [0.4, 0.5) is 0 Å². The highest BCUT2D eigenvalue weighted by atomic mass is 16.4. The molecular weight excluding hydrogens is 188 g/mol. The number of rotatable bonds is 10. The van der Waals surface area contributed by atoms with Gasteiger partial charge in [0.2, 0.25) is 0 Å². The Labute approximate surface area is 94.1 Å². The van der Waals surface area contributed by atoms with E-state index in [0.29, 0.717) is 0 Å². The molecular formula is C13H25O2. The Morgan fingerprint density at radius 3 is 2.13 bits per heavy atom. The summed E-state index contributed by atoms with van der Waals surface area (Å²) in [6.07, 6.45) is 9.92. The second-order valence-electron chi connectivity index (χ2n) is 4.21. The van der Waals surface area contributed by atoms with Crippen LogP contribution in [0.15, 0.2) is 0 Å². The third-order valence-corrected chi connectivity index (χ3v) is 2.89. The fourth-order valence-electron chi connectivity index (χ4n) is 1.78. The van der Waals surface area contributed by atoms with Gasteiger partial charge in [0.15, 0.2) is 0 Å². The predicted molar refractivity (Wildman–Crippen MR) is 63.7 cm³/mol. The average Bonchev–Trinajstić information content (AvgIpc) is 2.21. The molecule has 0 aromatic carbocycles. The van der Waals surface area contributed by atoms with Gasteiger partial charge in [-0.3, -0.25) is 4.79 Å². The molecule has 0 amide bonds. The Kier molecular flexibility index (Phi) is 9.65. The molecule has 0 bridgehead atoms. The van der Waals surface area contributed by atoms with E-state index < -0.39 is 5.97 Å². The smallest absolute Gasteiger partial charge is 0.306 e. The Morgan fingerprint density at radius 1 is 1.13 bits per heavy atom. The maximum Gasteiger partial charge on any atom is 0.306 e. The molecule has 0 aromatic rings. The van der Waals surface area contributed by atoms with Crippen LogP contribution in [-0.2, 0) is 4.79 Å². The highest BCUT2D eigenvalue weighted by molar-refractivity contribution is 5.69. The molecule has 89 valence electrons. The van der Waals surface area contributed by atoms with Gasteiger partial charge < -0.3 is 5.11 Å². The van der Waals surface area contributed by atoms with Crippen molar-refractivity contribution in [3.63, 3.8) is 0 Å². The molecule has 0 fully saturated rings. The maximum absolute atomic E-state index is 10.7. The molecule has 1 unspecified atom stereocenters. The Balaban J connectivity index is 3.25. The van der Waals surface area contributed by atoms with Gasteiger partial charge in [-0.05, 0) is 12.8 Å². The van der Waals surface area contributed by atoms with Crippen LogP contribution < -0.4 is 0 Å². The van der Waals surface area contributed by atoms with E-state index in [4.69, 9.17) is 5.11 Å². The van der Waals surface area contributed by atoms with Crippen LogP contribution in [0.3, 0.4) is 0 Å².